The molecule has 2 aromatic carbocycles. The van der Waals surface area contributed by atoms with E-state index in [1.807, 2.05) is 55.4 Å². The van der Waals surface area contributed by atoms with Gasteiger partial charge in [-0.2, -0.15) is 0 Å². The molecule has 0 aliphatic carbocycles. The summed E-state index contributed by atoms with van der Waals surface area (Å²) in [4.78, 5) is 22.9. The van der Waals surface area contributed by atoms with Crippen LogP contribution < -0.4 is 19.7 Å². The van der Waals surface area contributed by atoms with Crippen LogP contribution in [0.3, 0.4) is 0 Å². The van der Waals surface area contributed by atoms with Crippen molar-refractivity contribution < 1.29 is 14.3 Å². The van der Waals surface area contributed by atoms with Crippen LogP contribution in [0, 0.1) is 0 Å². The summed E-state index contributed by atoms with van der Waals surface area (Å²) in [6, 6.07) is 16.9. The van der Waals surface area contributed by atoms with Crippen molar-refractivity contribution in [1.82, 2.24) is 9.97 Å². The molecule has 2 N–H and O–H groups in total. The van der Waals surface area contributed by atoms with Crippen molar-refractivity contribution >= 4 is 34.0 Å². The minimum absolute atomic E-state index is 0.135. The van der Waals surface area contributed by atoms with Gasteiger partial charge >= 0.3 is 0 Å². The zero-order valence-electron chi connectivity index (χ0n) is 17.9. The Labute approximate surface area is 180 Å². The Hall–Kier alpha value is -4.00. The molecule has 2 heterocycles. The number of methoxy groups -OCH3 is 2. The maximum atomic E-state index is 13.2. The van der Waals surface area contributed by atoms with Gasteiger partial charge < -0.3 is 24.7 Å². The van der Waals surface area contributed by atoms with Crippen LogP contribution in [0.5, 0.6) is 11.5 Å². The molecule has 0 aliphatic rings. The number of anilines is 3. The van der Waals surface area contributed by atoms with Crippen LogP contribution in [0.4, 0.5) is 17.2 Å². The number of benzene rings is 2. The Morgan fingerprint density at radius 3 is 2.42 bits per heavy atom. The molecule has 0 unspecified atom stereocenters. The van der Waals surface area contributed by atoms with Crippen molar-refractivity contribution in [3.05, 3.63) is 71.9 Å². The summed E-state index contributed by atoms with van der Waals surface area (Å²) in [5.41, 5.74) is 3.68. The third-order valence-electron chi connectivity index (χ3n) is 5.03. The van der Waals surface area contributed by atoms with Crippen molar-refractivity contribution in [3.63, 3.8) is 0 Å². The van der Waals surface area contributed by atoms with E-state index < -0.39 is 0 Å². The van der Waals surface area contributed by atoms with Crippen molar-refractivity contribution in [2.24, 2.45) is 0 Å². The molecule has 7 heteroatoms. The molecule has 2 aromatic heterocycles. The first-order valence-electron chi connectivity index (χ1n) is 9.79. The van der Waals surface area contributed by atoms with Crippen LogP contribution >= 0.6 is 0 Å². The fourth-order valence-electron chi connectivity index (χ4n) is 3.37. The first kappa shape index (κ1) is 20.3. The first-order chi connectivity index (χ1) is 15.0. The molecule has 4 aromatic rings. The Balaban J connectivity index is 1.63. The highest BCUT2D eigenvalue weighted by atomic mass is 16.5. The number of hydrogen-bond acceptors (Lipinski definition) is 6. The molecule has 0 amide bonds. The Kier molecular flexibility index (Phi) is 5.49. The molecule has 7 nitrogen and oxygen atoms in total. The molecule has 0 aliphatic heterocycles. The molecule has 0 fully saturated rings. The van der Waals surface area contributed by atoms with Crippen molar-refractivity contribution in [2.45, 2.75) is 0 Å². The lowest BCUT2D eigenvalue weighted by molar-refractivity contribution is 0.103. The molecule has 0 saturated carbocycles. The average Bonchev–Trinajstić information content (AvgIpc) is 3.21. The number of nitrogens with one attached hydrogen (secondary N) is 2. The van der Waals surface area contributed by atoms with Gasteiger partial charge in [0.2, 0.25) is 0 Å². The highest BCUT2D eigenvalue weighted by Crippen LogP contribution is 2.28. The predicted octanol–water partition coefficient (Wildman–Crippen LogP) is 4.62. The molecule has 0 saturated heterocycles. The van der Waals surface area contributed by atoms with Gasteiger partial charge in [0.1, 0.15) is 23.0 Å². The lowest BCUT2D eigenvalue weighted by Gasteiger charge is -2.14. The number of rotatable bonds is 7. The standard InChI is InChI=1S/C24H24N4O3/c1-28(2)17-7-5-6-16(12-17)26-22-9-8-20-21(14-25-24(20)27-22)23(29)15-10-18(30-3)13-19(11-15)31-4/h5-14H,1-4H3,(H2,25,26,27). The van der Waals surface area contributed by atoms with E-state index in [2.05, 4.69) is 15.3 Å². The summed E-state index contributed by atoms with van der Waals surface area (Å²) in [6.45, 7) is 0. The number of aromatic amines is 1. The summed E-state index contributed by atoms with van der Waals surface area (Å²) in [6.07, 6.45) is 1.68. The zero-order chi connectivity index (χ0) is 22.0. The highest BCUT2D eigenvalue weighted by molar-refractivity contribution is 6.16. The summed E-state index contributed by atoms with van der Waals surface area (Å²) in [7, 11) is 7.11. The number of carbonyl (C=O) groups excluding carboxylic acids is 1. The molecular weight excluding hydrogens is 392 g/mol. The van der Waals surface area contributed by atoms with E-state index in [0.717, 1.165) is 16.8 Å². The van der Waals surface area contributed by atoms with Crippen LogP contribution in [0.15, 0.2) is 60.8 Å². The van der Waals surface area contributed by atoms with Gasteiger partial charge in [-0.3, -0.25) is 4.79 Å². The highest BCUT2D eigenvalue weighted by Gasteiger charge is 2.17. The van der Waals surface area contributed by atoms with E-state index in [0.29, 0.717) is 34.1 Å². The van der Waals surface area contributed by atoms with Crippen LogP contribution in [0.2, 0.25) is 0 Å². The maximum Gasteiger partial charge on any atom is 0.195 e. The summed E-state index contributed by atoms with van der Waals surface area (Å²) in [5.74, 6) is 1.68. The number of nitrogens with zero attached hydrogens (tertiary/aromatic N) is 2. The van der Waals surface area contributed by atoms with E-state index in [1.165, 1.54) is 0 Å². The van der Waals surface area contributed by atoms with Crippen molar-refractivity contribution in [2.75, 3.05) is 38.5 Å². The number of pyridine rings is 1. The molecule has 158 valence electrons. The van der Waals surface area contributed by atoms with E-state index in [4.69, 9.17) is 9.47 Å². The molecule has 0 spiro atoms. The number of carbonyl (C=O) groups is 1. The third kappa shape index (κ3) is 4.16. The normalized spacial score (nSPS) is 10.7. The van der Waals surface area contributed by atoms with Gasteiger partial charge in [-0.25, -0.2) is 4.98 Å². The molecule has 31 heavy (non-hydrogen) atoms. The fourth-order valence-corrected chi connectivity index (χ4v) is 3.37. The number of hydrogen-bond donors (Lipinski definition) is 2. The molecular formula is C24H24N4O3. The lowest BCUT2D eigenvalue weighted by atomic mass is 10.0. The van der Waals surface area contributed by atoms with Gasteiger partial charge in [0.15, 0.2) is 5.78 Å². The Bertz CT molecular complexity index is 1220. The minimum Gasteiger partial charge on any atom is -0.497 e. The van der Waals surface area contributed by atoms with Crippen molar-refractivity contribution in [3.8, 4) is 11.5 Å². The average molecular weight is 416 g/mol. The molecule has 0 radical (unpaired) electrons. The number of fused-ring (bicyclic) bond motifs is 1. The fraction of sp³-hybridized carbons (Fsp3) is 0.167. The van der Waals surface area contributed by atoms with E-state index in [1.54, 1.807) is 38.6 Å². The monoisotopic (exact) mass is 416 g/mol. The maximum absolute atomic E-state index is 13.2. The second-order valence-corrected chi connectivity index (χ2v) is 7.30. The number of H-pyrrole nitrogens is 1. The largest absolute Gasteiger partial charge is 0.497 e. The first-order valence-corrected chi connectivity index (χ1v) is 9.79. The van der Waals surface area contributed by atoms with E-state index in [9.17, 15) is 4.79 Å². The van der Waals surface area contributed by atoms with Gasteiger partial charge in [-0.1, -0.05) is 6.07 Å². The van der Waals surface area contributed by atoms with Gasteiger partial charge in [-0.05, 0) is 42.5 Å². The third-order valence-corrected chi connectivity index (χ3v) is 5.03. The number of aromatic nitrogens is 2. The van der Waals surface area contributed by atoms with Crippen LogP contribution in [0.25, 0.3) is 11.0 Å². The quantitative estimate of drug-likeness (QED) is 0.428. The predicted molar refractivity (Wildman–Crippen MR) is 123 cm³/mol. The summed E-state index contributed by atoms with van der Waals surface area (Å²) < 4.78 is 10.6. The van der Waals surface area contributed by atoms with Crippen LogP contribution in [-0.2, 0) is 0 Å². The van der Waals surface area contributed by atoms with Gasteiger partial charge in [0.25, 0.3) is 0 Å². The van der Waals surface area contributed by atoms with Crippen molar-refractivity contribution in [1.29, 1.82) is 0 Å². The molecule has 4 rings (SSSR count). The topological polar surface area (TPSA) is 79.5 Å². The molecule has 0 atom stereocenters. The summed E-state index contributed by atoms with van der Waals surface area (Å²) in [5, 5.41) is 4.07. The molecule has 0 bridgehead atoms. The Morgan fingerprint density at radius 2 is 1.74 bits per heavy atom. The minimum atomic E-state index is -0.135. The van der Waals surface area contributed by atoms with Gasteiger partial charge in [0.05, 0.1) is 14.2 Å². The van der Waals surface area contributed by atoms with Gasteiger partial charge in [0, 0.05) is 54.2 Å². The van der Waals surface area contributed by atoms with E-state index in [-0.39, 0.29) is 5.78 Å². The SMILES string of the molecule is COc1cc(OC)cc(C(=O)c2c[nH]c3nc(Nc4cccc(N(C)C)c4)ccc23)c1. The lowest BCUT2D eigenvalue weighted by Crippen LogP contribution is -2.08. The number of ether oxygens (including phenoxy) is 2. The summed E-state index contributed by atoms with van der Waals surface area (Å²) >= 11 is 0. The van der Waals surface area contributed by atoms with Gasteiger partial charge in [-0.15, -0.1) is 0 Å². The second-order valence-electron chi connectivity index (χ2n) is 7.30. The Morgan fingerprint density at radius 1 is 1.00 bits per heavy atom. The van der Waals surface area contributed by atoms with E-state index >= 15 is 0 Å². The second kappa shape index (κ2) is 8.39. The smallest absolute Gasteiger partial charge is 0.195 e. The van der Waals surface area contributed by atoms with Crippen LogP contribution in [0.1, 0.15) is 15.9 Å². The van der Waals surface area contributed by atoms with Crippen LogP contribution in [-0.4, -0.2) is 44.1 Å². The zero-order valence-corrected chi connectivity index (χ0v) is 17.9. The number of ketones is 1.